The lowest BCUT2D eigenvalue weighted by atomic mass is 9.81. The van der Waals surface area contributed by atoms with E-state index in [9.17, 15) is 9.59 Å². The zero-order chi connectivity index (χ0) is 11.3. The van der Waals surface area contributed by atoms with Crippen LogP contribution in [-0.2, 0) is 14.3 Å². The molecule has 0 bridgehead atoms. The molecule has 0 aromatic rings. The van der Waals surface area contributed by atoms with Crippen LogP contribution in [0.15, 0.2) is 0 Å². The van der Waals surface area contributed by atoms with Crippen molar-refractivity contribution in [1.29, 1.82) is 0 Å². The van der Waals surface area contributed by atoms with Gasteiger partial charge in [-0.05, 0) is 11.8 Å². The summed E-state index contributed by atoms with van der Waals surface area (Å²) in [7, 11) is 1.30. The first-order valence-corrected chi connectivity index (χ1v) is 4.99. The van der Waals surface area contributed by atoms with Crippen molar-refractivity contribution in [3.63, 3.8) is 0 Å². The molecule has 0 atom stereocenters. The number of hydrogen-bond acceptors (Lipinski definition) is 3. The average molecular weight is 200 g/mol. The molecule has 14 heavy (non-hydrogen) atoms. The van der Waals surface area contributed by atoms with Crippen molar-refractivity contribution in [2.45, 2.75) is 34.1 Å². The van der Waals surface area contributed by atoms with Crippen LogP contribution in [-0.4, -0.2) is 18.9 Å². The van der Waals surface area contributed by atoms with Crippen molar-refractivity contribution in [2.75, 3.05) is 7.11 Å². The van der Waals surface area contributed by atoms with Crippen LogP contribution in [0.25, 0.3) is 0 Å². The van der Waals surface area contributed by atoms with Gasteiger partial charge in [-0.1, -0.05) is 27.7 Å². The van der Waals surface area contributed by atoms with Gasteiger partial charge in [-0.2, -0.15) is 0 Å². The van der Waals surface area contributed by atoms with Gasteiger partial charge < -0.3 is 4.74 Å². The molecule has 0 heterocycles. The minimum Gasteiger partial charge on any atom is -0.469 e. The maximum atomic E-state index is 11.7. The molecule has 0 aromatic heterocycles. The maximum Gasteiger partial charge on any atom is 0.313 e. The fraction of sp³-hybridized carbons (Fsp3) is 0.818. The second kappa shape index (κ2) is 5.78. The Morgan fingerprint density at radius 3 is 1.79 bits per heavy atom. The number of methoxy groups -OCH3 is 1. The second-order valence-electron chi connectivity index (χ2n) is 4.23. The molecule has 82 valence electrons. The van der Waals surface area contributed by atoms with E-state index in [4.69, 9.17) is 0 Å². The highest BCUT2D eigenvalue weighted by Gasteiger charge is 2.26. The number of hydrogen-bond donors (Lipinski definition) is 0. The summed E-state index contributed by atoms with van der Waals surface area (Å²) in [5.74, 6) is 0.0385. The van der Waals surface area contributed by atoms with Crippen molar-refractivity contribution in [1.82, 2.24) is 0 Å². The minimum atomic E-state index is -0.443. The quantitative estimate of drug-likeness (QED) is 0.504. The smallest absolute Gasteiger partial charge is 0.313 e. The van der Waals surface area contributed by atoms with Crippen LogP contribution in [0.2, 0.25) is 0 Å². The van der Waals surface area contributed by atoms with E-state index in [-0.39, 0.29) is 30.0 Å². The standard InChI is InChI=1S/C11H20O3/c1-7(2)11(8(3)4)9(12)6-10(13)14-5/h7-8,11H,6H2,1-5H3. The topological polar surface area (TPSA) is 43.4 Å². The molecule has 0 fully saturated rings. The molecule has 0 aliphatic carbocycles. The minimum absolute atomic E-state index is 0.0122. The molecular formula is C11H20O3. The van der Waals surface area contributed by atoms with Gasteiger partial charge in [0.05, 0.1) is 7.11 Å². The third kappa shape index (κ3) is 3.90. The van der Waals surface area contributed by atoms with E-state index in [0.717, 1.165) is 0 Å². The molecular weight excluding hydrogens is 180 g/mol. The molecule has 0 unspecified atom stereocenters. The Hall–Kier alpha value is -0.860. The van der Waals surface area contributed by atoms with Gasteiger partial charge in [0.2, 0.25) is 0 Å². The number of carbonyl (C=O) groups is 2. The third-order valence-electron chi connectivity index (χ3n) is 2.35. The average Bonchev–Trinajstić information content (AvgIpc) is 2.02. The summed E-state index contributed by atoms with van der Waals surface area (Å²) in [6, 6.07) is 0. The molecule has 3 nitrogen and oxygen atoms in total. The summed E-state index contributed by atoms with van der Waals surface area (Å²) in [5.41, 5.74) is 0. The van der Waals surface area contributed by atoms with Gasteiger partial charge in [0.1, 0.15) is 12.2 Å². The van der Waals surface area contributed by atoms with Gasteiger partial charge in [-0.15, -0.1) is 0 Å². The van der Waals surface area contributed by atoms with Gasteiger partial charge in [0, 0.05) is 5.92 Å². The largest absolute Gasteiger partial charge is 0.469 e. The monoisotopic (exact) mass is 200 g/mol. The van der Waals surface area contributed by atoms with Gasteiger partial charge >= 0.3 is 5.97 Å². The summed E-state index contributed by atoms with van der Waals surface area (Å²) in [5, 5.41) is 0. The fourth-order valence-corrected chi connectivity index (χ4v) is 1.85. The molecule has 0 saturated carbocycles. The van der Waals surface area contributed by atoms with Crippen molar-refractivity contribution in [3.8, 4) is 0 Å². The Morgan fingerprint density at radius 1 is 1.07 bits per heavy atom. The molecule has 3 heteroatoms. The van der Waals surface area contributed by atoms with E-state index in [1.807, 2.05) is 27.7 Å². The highest BCUT2D eigenvalue weighted by molar-refractivity contribution is 5.96. The molecule has 0 aliphatic heterocycles. The summed E-state index contributed by atoms with van der Waals surface area (Å²) < 4.78 is 4.47. The predicted octanol–water partition coefficient (Wildman–Crippen LogP) is 2.05. The molecule has 0 spiro atoms. The first-order valence-electron chi connectivity index (χ1n) is 4.99. The maximum absolute atomic E-state index is 11.7. The number of carbonyl (C=O) groups excluding carboxylic acids is 2. The van der Waals surface area contributed by atoms with E-state index in [1.165, 1.54) is 7.11 Å². The van der Waals surface area contributed by atoms with Crippen LogP contribution >= 0.6 is 0 Å². The Morgan fingerprint density at radius 2 is 1.50 bits per heavy atom. The Kier molecular flexibility index (Phi) is 5.43. The third-order valence-corrected chi connectivity index (χ3v) is 2.35. The Balaban J connectivity index is 4.38. The molecule has 0 amide bonds. The van der Waals surface area contributed by atoms with Gasteiger partial charge in [0.25, 0.3) is 0 Å². The normalized spacial score (nSPS) is 11.1. The first kappa shape index (κ1) is 13.1. The number of ketones is 1. The SMILES string of the molecule is COC(=O)CC(=O)C(C(C)C)C(C)C. The van der Waals surface area contributed by atoms with Crippen LogP contribution < -0.4 is 0 Å². The van der Waals surface area contributed by atoms with E-state index < -0.39 is 5.97 Å². The summed E-state index contributed by atoms with van der Waals surface area (Å²) in [6.07, 6.45) is -0.0997. The second-order valence-corrected chi connectivity index (χ2v) is 4.23. The van der Waals surface area contributed by atoms with E-state index in [1.54, 1.807) is 0 Å². The number of Topliss-reactive ketones (excluding diaryl/α,β-unsaturated/α-hetero) is 1. The lowest BCUT2D eigenvalue weighted by molar-refractivity contribution is -0.144. The van der Waals surface area contributed by atoms with Crippen LogP contribution in [0.5, 0.6) is 0 Å². The van der Waals surface area contributed by atoms with Crippen molar-refractivity contribution in [2.24, 2.45) is 17.8 Å². The number of ether oxygens (including phenoxy) is 1. The van der Waals surface area contributed by atoms with Crippen molar-refractivity contribution >= 4 is 11.8 Å². The Labute approximate surface area is 85.8 Å². The molecule has 0 aromatic carbocycles. The Bertz CT molecular complexity index is 199. The summed E-state index contributed by atoms with van der Waals surface area (Å²) >= 11 is 0. The molecule has 0 saturated heterocycles. The summed E-state index contributed by atoms with van der Waals surface area (Å²) in [6.45, 7) is 8.00. The van der Waals surface area contributed by atoms with E-state index >= 15 is 0 Å². The molecule has 0 N–H and O–H groups in total. The van der Waals surface area contributed by atoms with Crippen molar-refractivity contribution in [3.05, 3.63) is 0 Å². The molecule has 0 rings (SSSR count). The van der Waals surface area contributed by atoms with Gasteiger partial charge in [0.15, 0.2) is 0 Å². The van der Waals surface area contributed by atoms with Crippen LogP contribution in [0.4, 0.5) is 0 Å². The zero-order valence-corrected chi connectivity index (χ0v) is 9.66. The van der Waals surface area contributed by atoms with Crippen molar-refractivity contribution < 1.29 is 14.3 Å². The van der Waals surface area contributed by atoms with Crippen LogP contribution in [0.3, 0.4) is 0 Å². The lowest BCUT2D eigenvalue weighted by Gasteiger charge is -2.22. The summed E-state index contributed by atoms with van der Waals surface area (Å²) in [4.78, 5) is 22.6. The van der Waals surface area contributed by atoms with Gasteiger partial charge in [-0.25, -0.2) is 0 Å². The van der Waals surface area contributed by atoms with E-state index in [0.29, 0.717) is 0 Å². The van der Waals surface area contributed by atoms with Crippen LogP contribution in [0, 0.1) is 17.8 Å². The highest BCUT2D eigenvalue weighted by atomic mass is 16.5. The van der Waals surface area contributed by atoms with Crippen LogP contribution in [0.1, 0.15) is 34.1 Å². The number of rotatable bonds is 5. The molecule has 0 aliphatic rings. The lowest BCUT2D eigenvalue weighted by Crippen LogP contribution is -2.27. The first-order chi connectivity index (χ1) is 6.40. The highest BCUT2D eigenvalue weighted by Crippen LogP contribution is 2.22. The number of esters is 1. The fourth-order valence-electron chi connectivity index (χ4n) is 1.85. The predicted molar refractivity (Wildman–Crippen MR) is 54.8 cm³/mol. The zero-order valence-electron chi connectivity index (χ0n) is 9.66. The van der Waals surface area contributed by atoms with E-state index in [2.05, 4.69) is 4.74 Å². The van der Waals surface area contributed by atoms with Gasteiger partial charge in [-0.3, -0.25) is 9.59 Å². The molecule has 0 radical (unpaired) electrons.